The smallest absolute Gasteiger partial charge is 0.153 e. The number of rotatable bonds is 2. The summed E-state index contributed by atoms with van der Waals surface area (Å²) in [6.45, 7) is 2.86. The van der Waals surface area contributed by atoms with Gasteiger partial charge in [0.25, 0.3) is 0 Å². The standard InChI is InChI=1S/C12H15NO3S/c1-10-2-3-12(11(8-10)9-14)13-4-6-17(15,16)7-5-13/h2-3,8-9H,4-7H2,1H3. The molecule has 92 valence electrons. The number of aryl methyl sites for hydroxylation is 1. The Balaban J connectivity index is 2.27. The van der Waals surface area contributed by atoms with Crippen molar-refractivity contribution in [1.29, 1.82) is 0 Å². The van der Waals surface area contributed by atoms with E-state index in [9.17, 15) is 13.2 Å². The molecule has 1 aliphatic rings. The van der Waals surface area contributed by atoms with Crippen molar-refractivity contribution in [2.24, 2.45) is 0 Å². The van der Waals surface area contributed by atoms with Gasteiger partial charge >= 0.3 is 0 Å². The van der Waals surface area contributed by atoms with Crippen LogP contribution in [-0.4, -0.2) is 39.3 Å². The van der Waals surface area contributed by atoms with Gasteiger partial charge in [0, 0.05) is 24.3 Å². The fraction of sp³-hybridized carbons (Fsp3) is 0.417. The quantitative estimate of drug-likeness (QED) is 0.739. The summed E-state index contributed by atoms with van der Waals surface area (Å²) in [5.41, 5.74) is 2.49. The average Bonchev–Trinajstić information content (AvgIpc) is 2.29. The minimum absolute atomic E-state index is 0.166. The van der Waals surface area contributed by atoms with Crippen LogP contribution < -0.4 is 4.90 Å². The number of hydrogen-bond donors (Lipinski definition) is 0. The summed E-state index contributed by atoms with van der Waals surface area (Å²) in [6.07, 6.45) is 0.825. The molecule has 17 heavy (non-hydrogen) atoms. The van der Waals surface area contributed by atoms with Crippen LogP contribution in [0.25, 0.3) is 0 Å². The third-order valence-electron chi connectivity index (χ3n) is 3.00. The molecule has 0 bridgehead atoms. The zero-order valence-electron chi connectivity index (χ0n) is 9.72. The number of hydrogen-bond acceptors (Lipinski definition) is 4. The van der Waals surface area contributed by atoms with E-state index in [1.807, 2.05) is 30.0 Å². The molecule has 1 heterocycles. The maximum Gasteiger partial charge on any atom is 0.153 e. The van der Waals surface area contributed by atoms with Gasteiger partial charge in [0.05, 0.1) is 11.5 Å². The molecule has 0 spiro atoms. The largest absolute Gasteiger partial charge is 0.369 e. The highest BCUT2D eigenvalue weighted by Crippen LogP contribution is 2.22. The second kappa shape index (κ2) is 4.49. The molecule has 0 N–H and O–H groups in total. The molecule has 0 radical (unpaired) electrons. The number of benzene rings is 1. The molecule has 1 saturated heterocycles. The maximum absolute atomic E-state index is 11.3. The Kier molecular flexibility index (Phi) is 3.19. The van der Waals surface area contributed by atoms with Crippen LogP contribution in [0.5, 0.6) is 0 Å². The molecule has 0 aliphatic carbocycles. The Bertz CT molecular complexity index is 523. The van der Waals surface area contributed by atoms with Crippen molar-refractivity contribution in [3.63, 3.8) is 0 Å². The van der Waals surface area contributed by atoms with E-state index in [1.54, 1.807) is 0 Å². The van der Waals surface area contributed by atoms with Crippen molar-refractivity contribution in [3.05, 3.63) is 29.3 Å². The van der Waals surface area contributed by atoms with Gasteiger partial charge in [0.1, 0.15) is 0 Å². The zero-order chi connectivity index (χ0) is 12.5. The molecule has 4 nitrogen and oxygen atoms in total. The van der Waals surface area contributed by atoms with Crippen LogP contribution in [-0.2, 0) is 9.84 Å². The summed E-state index contributed by atoms with van der Waals surface area (Å²) >= 11 is 0. The Morgan fingerprint density at radius 2 is 1.88 bits per heavy atom. The second-order valence-corrected chi connectivity index (χ2v) is 6.62. The molecule has 1 aliphatic heterocycles. The van der Waals surface area contributed by atoms with Gasteiger partial charge in [-0.25, -0.2) is 8.42 Å². The first-order valence-electron chi connectivity index (χ1n) is 5.53. The van der Waals surface area contributed by atoms with Crippen LogP contribution in [0.15, 0.2) is 18.2 Å². The number of anilines is 1. The third kappa shape index (κ3) is 2.66. The first-order chi connectivity index (χ1) is 8.02. The Hall–Kier alpha value is -1.36. The van der Waals surface area contributed by atoms with Crippen molar-refractivity contribution < 1.29 is 13.2 Å². The van der Waals surface area contributed by atoms with Crippen LogP contribution in [0.1, 0.15) is 15.9 Å². The maximum atomic E-state index is 11.3. The van der Waals surface area contributed by atoms with Gasteiger partial charge in [-0.1, -0.05) is 11.6 Å². The minimum Gasteiger partial charge on any atom is -0.369 e. The predicted molar refractivity (Wildman–Crippen MR) is 67.4 cm³/mol. The van der Waals surface area contributed by atoms with Gasteiger partial charge < -0.3 is 4.90 Å². The van der Waals surface area contributed by atoms with Crippen molar-refractivity contribution in [1.82, 2.24) is 0 Å². The van der Waals surface area contributed by atoms with E-state index in [4.69, 9.17) is 0 Å². The van der Waals surface area contributed by atoms with E-state index < -0.39 is 9.84 Å². The highest BCUT2D eigenvalue weighted by Gasteiger charge is 2.22. The number of carbonyl (C=O) groups is 1. The van der Waals surface area contributed by atoms with Gasteiger partial charge in [-0.3, -0.25) is 4.79 Å². The van der Waals surface area contributed by atoms with Crippen LogP contribution in [0, 0.1) is 6.92 Å². The lowest BCUT2D eigenvalue weighted by atomic mass is 10.1. The van der Waals surface area contributed by atoms with E-state index in [2.05, 4.69) is 0 Å². The first-order valence-corrected chi connectivity index (χ1v) is 7.35. The molecule has 1 aromatic rings. The van der Waals surface area contributed by atoms with Gasteiger partial charge in [0.15, 0.2) is 16.1 Å². The topological polar surface area (TPSA) is 54.5 Å². The lowest BCUT2D eigenvalue weighted by Gasteiger charge is -2.29. The molecule has 5 heteroatoms. The van der Waals surface area contributed by atoms with Crippen molar-refractivity contribution in [3.8, 4) is 0 Å². The summed E-state index contributed by atoms with van der Waals surface area (Å²) in [4.78, 5) is 13.0. The van der Waals surface area contributed by atoms with Gasteiger partial charge in [0.2, 0.25) is 0 Å². The van der Waals surface area contributed by atoms with Gasteiger partial charge in [-0.2, -0.15) is 0 Å². The lowest BCUT2D eigenvalue weighted by Crippen LogP contribution is -2.40. The molecule has 0 amide bonds. The predicted octanol–water partition coefficient (Wildman–Crippen LogP) is 1.04. The Labute approximate surface area is 101 Å². The highest BCUT2D eigenvalue weighted by atomic mass is 32.2. The van der Waals surface area contributed by atoms with E-state index in [-0.39, 0.29) is 11.5 Å². The number of sulfone groups is 1. The number of aldehydes is 1. The summed E-state index contributed by atoms with van der Waals surface area (Å²) in [5, 5.41) is 0. The van der Waals surface area contributed by atoms with E-state index in [0.717, 1.165) is 17.5 Å². The van der Waals surface area contributed by atoms with E-state index >= 15 is 0 Å². The molecule has 0 atom stereocenters. The van der Waals surface area contributed by atoms with Crippen molar-refractivity contribution >= 4 is 21.8 Å². The fourth-order valence-electron chi connectivity index (χ4n) is 2.01. The summed E-state index contributed by atoms with van der Waals surface area (Å²) < 4.78 is 22.7. The molecule has 0 unspecified atom stereocenters. The molecule has 2 rings (SSSR count). The van der Waals surface area contributed by atoms with Crippen molar-refractivity contribution in [2.45, 2.75) is 6.92 Å². The molecule has 1 fully saturated rings. The van der Waals surface area contributed by atoms with Crippen LogP contribution in [0.2, 0.25) is 0 Å². The monoisotopic (exact) mass is 253 g/mol. The Morgan fingerprint density at radius 1 is 1.24 bits per heavy atom. The third-order valence-corrected chi connectivity index (χ3v) is 4.60. The van der Waals surface area contributed by atoms with E-state index in [1.165, 1.54) is 0 Å². The van der Waals surface area contributed by atoms with Crippen molar-refractivity contribution in [2.75, 3.05) is 29.5 Å². The lowest BCUT2D eigenvalue weighted by molar-refractivity contribution is 0.112. The molecular weight excluding hydrogens is 238 g/mol. The first kappa shape index (κ1) is 12.1. The Morgan fingerprint density at radius 3 is 2.47 bits per heavy atom. The second-order valence-electron chi connectivity index (χ2n) is 4.32. The van der Waals surface area contributed by atoms with Crippen LogP contribution in [0.4, 0.5) is 5.69 Å². The highest BCUT2D eigenvalue weighted by molar-refractivity contribution is 7.91. The SMILES string of the molecule is Cc1ccc(N2CCS(=O)(=O)CC2)c(C=O)c1. The average molecular weight is 253 g/mol. The molecule has 0 saturated carbocycles. The normalized spacial score (nSPS) is 19.0. The number of nitrogens with zero attached hydrogens (tertiary/aromatic N) is 1. The van der Waals surface area contributed by atoms with Gasteiger partial charge in [-0.15, -0.1) is 0 Å². The summed E-state index contributed by atoms with van der Waals surface area (Å²) in [6, 6.07) is 5.65. The van der Waals surface area contributed by atoms with E-state index in [0.29, 0.717) is 18.7 Å². The van der Waals surface area contributed by atoms with Gasteiger partial charge in [-0.05, 0) is 19.1 Å². The minimum atomic E-state index is -2.88. The van der Waals surface area contributed by atoms with Crippen LogP contribution in [0.3, 0.4) is 0 Å². The van der Waals surface area contributed by atoms with Crippen LogP contribution >= 0.6 is 0 Å². The summed E-state index contributed by atoms with van der Waals surface area (Å²) in [5.74, 6) is 0.332. The molecule has 1 aromatic carbocycles. The number of carbonyl (C=O) groups excluding carboxylic acids is 1. The summed E-state index contributed by atoms with van der Waals surface area (Å²) in [7, 11) is -2.88. The fourth-order valence-corrected chi connectivity index (χ4v) is 3.21. The molecular formula is C12H15NO3S. The zero-order valence-corrected chi connectivity index (χ0v) is 10.5. The molecule has 0 aromatic heterocycles.